The van der Waals surface area contributed by atoms with Crippen LogP contribution >= 0.6 is 0 Å². The molecule has 26 heavy (non-hydrogen) atoms. The van der Waals surface area contributed by atoms with Gasteiger partial charge in [-0.2, -0.15) is 4.31 Å². The Balaban J connectivity index is 2.80. The molecule has 0 radical (unpaired) electrons. The van der Waals surface area contributed by atoms with E-state index in [4.69, 9.17) is 4.74 Å². The molecule has 0 aliphatic heterocycles. The first-order valence-electron chi connectivity index (χ1n) is 8.11. The molecule has 0 heterocycles. The van der Waals surface area contributed by atoms with Crippen molar-refractivity contribution in [1.82, 2.24) is 14.9 Å². The lowest BCUT2D eigenvalue weighted by atomic mass is 10.2. The largest absolute Gasteiger partial charge is 0.452 e. The number of imide groups is 1. The third-order valence-corrected chi connectivity index (χ3v) is 5.38. The van der Waals surface area contributed by atoms with Crippen molar-refractivity contribution in [3.63, 3.8) is 0 Å². The number of hydrogen-bond acceptors (Lipinski definition) is 6. The van der Waals surface area contributed by atoms with Crippen molar-refractivity contribution in [3.05, 3.63) is 29.8 Å². The molecular weight excluding hydrogens is 362 g/mol. The summed E-state index contributed by atoms with van der Waals surface area (Å²) in [4.78, 5) is 34.7. The highest BCUT2D eigenvalue weighted by atomic mass is 32.2. The normalized spacial score (nSPS) is 11.1. The van der Waals surface area contributed by atoms with Crippen LogP contribution in [-0.4, -0.2) is 56.9 Å². The van der Waals surface area contributed by atoms with Gasteiger partial charge in [-0.15, -0.1) is 0 Å². The van der Waals surface area contributed by atoms with Gasteiger partial charge in [0.1, 0.15) is 0 Å². The van der Waals surface area contributed by atoms with Gasteiger partial charge in [-0.3, -0.25) is 10.1 Å². The minimum atomic E-state index is -3.72. The van der Waals surface area contributed by atoms with Gasteiger partial charge in [0.25, 0.3) is 5.91 Å². The highest BCUT2D eigenvalue weighted by molar-refractivity contribution is 7.89. The van der Waals surface area contributed by atoms with Crippen LogP contribution in [0.5, 0.6) is 0 Å². The molecule has 0 saturated carbocycles. The summed E-state index contributed by atoms with van der Waals surface area (Å²) in [6.45, 7) is 5.39. The summed E-state index contributed by atoms with van der Waals surface area (Å²) in [6.07, 6.45) is 0. The van der Waals surface area contributed by atoms with Crippen LogP contribution in [0.2, 0.25) is 0 Å². The standard InChI is InChI=1S/C16H23N3O6S/c1-4-17-16(22)18-14(20)11-25-15(21)12-8-7-9-13(10-12)26(23,24)19(5-2)6-3/h7-10H,4-6,11H2,1-3H3,(H2,17,18,20,22). The van der Waals surface area contributed by atoms with Crippen molar-refractivity contribution in [2.75, 3.05) is 26.2 Å². The van der Waals surface area contributed by atoms with E-state index in [9.17, 15) is 22.8 Å². The summed E-state index contributed by atoms with van der Waals surface area (Å²) in [7, 11) is -3.72. The summed E-state index contributed by atoms with van der Waals surface area (Å²) >= 11 is 0. The van der Waals surface area contributed by atoms with Gasteiger partial charge in [-0.05, 0) is 25.1 Å². The predicted octanol–water partition coefficient (Wildman–Crippen LogP) is 0.720. The first-order chi connectivity index (χ1) is 12.3. The minimum absolute atomic E-state index is 0.0101. The molecule has 0 aliphatic carbocycles. The Hall–Kier alpha value is -2.46. The number of esters is 1. The van der Waals surface area contributed by atoms with Crippen molar-refractivity contribution in [1.29, 1.82) is 0 Å². The fraction of sp³-hybridized carbons (Fsp3) is 0.438. The highest BCUT2D eigenvalue weighted by Crippen LogP contribution is 2.17. The van der Waals surface area contributed by atoms with Crippen molar-refractivity contribution in [3.8, 4) is 0 Å². The maximum Gasteiger partial charge on any atom is 0.338 e. The molecule has 0 atom stereocenters. The third kappa shape index (κ3) is 5.81. The number of nitrogens with zero attached hydrogens (tertiary/aromatic N) is 1. The molecule has 0 saturated heterocycles. The molecule has 0 unspecified atom stereocenters. The monoisotopic (exact) mass is 385 g/mol. The van der Waals surface area contributed by atoms with Crippen LogP contribution in [0, 0.1) is 0 Å². The molecule has 1 aromatic carbocycles. The molecule has 0 spiro atoms. The average Bonchev–Trinajstić information content (AvgIpc) is 2.60. The number of benzene rings is 1. The van der Waals surface area contributed by atoms with Gasteiger partial charge in [-0.1, -0.05) is 19.9 Å². The van der Waals surface area contributed by atoms with Crippen molar-refractivity contribution >= 4 is 27.9 Å². The Labute approximate surface area is 152 Å². The highest BCUT2D eigenvalue weighted by Gasteiger charge is 2.23. The molecule has 0 bridgehead atoms. The van der Waals surface area contributed by atoms with Gasteiger partial charge < -0.3 is 10.1 Å². The Morgan fingerprint density at radius 1 is 1.12 bits per heavy atom. The summed E-state index contributed by atoms with van der Waals surface area (Å²) in [6, 6.07) is 4.68. The molecule has 1 rings (SSSR count). The number of urea groups is 1. The summed E-state index contributed by atoms with van der Waals surface area (Å²) < 4.78 is 31.0. The number of hydrogen-bond donors (Lipinski definition) is 2. The van der Waals surface area contributed by atoms with E-state index in [2.05, 4.69) is 5.32 Å². The van der Waals surface area contributed by atoms with E-state index in [0.29, 0.717) is 19.6 Å². The maximum atomic E-state index is 12.5. The molecule has 2 N–H and O–H groups in total. The van der Waals surface area contributed by atoms with Gasteiger partial charge in [-0.25, -0.2) is 18.0 Å². The predicted molar refractivity (Wildman–Crippen MR) is 94.0 cm³/mol. The van der Waals surface area contributed by atoms with E-state index in [0.717, 1.165) is 0 Å². The van der Waals surface area contributed by atoms with E-state index in [1.807, 2.05) is 5.32 Å². The molecule has 9 nitrogen and oxygen atoms in total. The van der Waals surface area contributed by atoms with E-state index >= 15 is 0 Å². The number of ether oxygens (including phenoxy) is 1. The van der Waals surface area contributed by atoms with Gasteiger partial charge in [0.2, 0.25) is 10.0 Å². The zero-order chi connectivity index (χ0) is 19.7. The lowest BCUT2D eigenvalue weighted by Crippen LogP contribution is -2.41. The van der Waals surface area contributed by atoms with Gasteiger partial charge in [0.15, 0.2) is 6.61 Å². The number of rotatable bonds is 8. The Morgan fingerprint density at radius 3 is 2.35 bits per heavy atom. The third-order valence-electron chi connectivity index (χ3n) is 3.34. The molecule has 144 valence electrons. The molecule has 0 aliphatic rings. The summed E-state index contributed by atoms with van der Waals surface area (Å²) in [5, 5.41) is 4.34. The number of nitrogens with one attached hydrogen (secondary N) is 2. The van der Waals surface area contributed by atoms with Crippen molar-refractivity contribution in [2.24, 2.45) is 0 Å². The second-order valence-electron chi connectivity index (χ2n) is 5.10. The second kappa shape index (κ2) is 9.88. The Bertz CT molecular complexity index is 759. The lowest BCUT2D eigenvalue weighted by molar-refractivity contribution is -0.123. The summed E-state index contributed by atoms with van der Waals surface area (Å²) in [5.41, 5.74) is -0.0101. The summed E-state index contributed by atoms with van der Waals surface area (Å²) in [5.74, 6) is -1.66. The SMILES string of the molecule is CCNC(=O)NC(=O)COC(=O)c1cccc(S(=O)(=O)N(CC)CC)c1. The van der Waals surface area contributed by atoms with E-state index < -0.39 is 34.5 Å². The van der Waals surface area contributed by atoms with Gasteiger partial charge in [0, 0.05) is 19.6 Å². The molecule has 0 aromatic heterocycles. The van der Waals surface area contributed by atoms with E-state index in [1.54, 1.807) is 20.8 Å². The number of sulfonamides is 1. The van der Waals surface area contributed by atoms with Crippen LogP contribution < -0.4 is 10.6 Å². The topological polar surface area (TPSA) is 122 Å². The first-order valence-corrected chi connectivity index (χ1v) is 9.55. The minimum Gasteiger partial charge on any atom is -0.452 e. The molecule has 3 amide bonds. The molecule has 0 fully saturated rings. The lowest BCUT2D eigenvalue weighted by Gasteiger charge is -2.18. The van der Waals surface area contributed by atoms with E-state index in [-0.39, 0.29) is 10.5 Å². The molecule has 1 aromatic rings. The number of carbonyl (C=O) groups excluding carboxylic acids is 3. The van der Waals surface area contributed by atoms with Crippen LogP contribution in [-0.2, 0) is 19.6 Å². The fourth-order valence-electron chi connectivity index (χ4n) is 2.08. The van der Waals surface area contributed by atoms with Crippen LogP contribution in [0.1, 0.15) is 31.1 Å². The van der Waals surface area contributed by atoms with Crippen LogP contribution in [0.25, 0.3) is 0 Å². The molecular formula is C16H23N3O6S. The quantitative estimate of drug-likeness (QED) is 0.636. The average molecular weight is 385 g/mol. The van der Waals surface area contributed by atoms with Crippen molar-refractivity contribution < 1.29 is 27.5 Å². The van der Waals surface area contributed by atoms with Gasteiger partial charge in [0.05, 0.1) is 10.5 Å². The Morgan fingerprint density at radius 2 is 1.77 bits per heavy atom. The van der Waals surface area contributed by atoms with Crippen LogP contribution in [0.3, 0.4) is 0 Å². The first kappa shape index (κ1) is 21.6. The maximum absolute atomic E-state index is 12.5. The smallest absolute Gasteiger partial charge is 0.338 e. The molecule has 10 heteroatoms. The van der Waals surface area contributed by atoms with Gasteiger partial charge >= 0.3 is 12.0 Å². The number of amides is 3. The van der Waals surface area contributed by atoms with Crippen LogP contribution in [0.4, 0.5) is 4.79 Å². The Kier molecular flexibility index (Phi) is 8.20. The second-order valence-corrected chi connectivity index (χ2v) is 7.04. The number of carbonyl (C=O) groups is 3. The fourth-order valence-corrected chi connectivity index (χ4v) is 3.58. The zero-order valence-electron chi connectivity index (χ0n) is 14.9. The van der Waals surface area contributed by atoms with E-state index in [1.165, 1.54) is 28.6 Å². The van der Waals surface area contributed by atoms with Crippen molar-refractivity contribution in [2.45, 2.75) is 25.7 Å². The zero-order valence-corrected chi connectivity index (χ0v) is 15.8. The van der Waals surface area contributed by atoms with Crippen LogP contribution in [0.15, 0.2) is 29.2 Å².